The Morgan fingerprint density at radius 1 is 1.61 bits per heavy atom. The molecule has 1 heterocycles. The average molecular weight is 318 g/mol. The molecule has 0 bridgehead atoms. The molecule has 1 N–H and O–H groups in total. The van der Waals surface area contributed by atoms with Gasteiger partial charge in [0.1, 0.15) is 5.82 Å². The minimum Gasteiger partial charge on any atom is -0.390 e. The number of aliphatic hydroxyl groups excluding tert-OH is 1. The van der Waals surface area contributed by atoms with Crippen molar-refractivity contribution < 1.29 is 14.2 Å². The van der Waals surface area contributed by atoms with Gasteiger partial charge in [-0.2, -0.15) is 0 Å². The standard InChI is InChI=1S/C13H17BrFNO2/c1-16-4-5-18-13(8-16)12(17)7-9-6-10(15)2-3-11(9)14/h2-3,6,12-13,17H,4-5,7-8H2,1H3. The van der Waals surface area contributed by atoms with Crippen LogP contribution >= 0.6 is 15.9 Å². The van der Waals surface area contributed by atoms with E-state index < -0.39 is 6.10 Å². The third-order valence-corrected chi connectivity index (χ3v) is 3.94. The number of hydrogen-bond acceptors (Lipinski definition) is 3. The summed E-state index contributed by atoms with van der Waals surface area (Å²) in [7, 11) is 2.00. The van der Waals surface area contributed by atoms with Crippen LogP contribution in [0.15, 0.2) is 22.7 Å². The molecule has 100 valence electrons. The van der Waals surface area contributed by atoms with Crippen molar-refractivity contribution in [3.63, 3.8) is 0 Å². The lowest BCUT2D eigenvalue weighted by Crippen LogP contribution is -2.46. The number of benzene rings is 1. The van der Waals surface area contributed by atoms with Gasteiger partial charge in [0.05, 0.1) is 18.8 Å². The number of rotatable bonds is 3. The van der Waals surface area contributed by atoms with Gasteiger partial charge in [-0.3, -0.25) is 0 Å². The zero-order valence-corrected chi connectivity index (χ0v) is 11.9. The fourth-order valence-corrected chi connectivity index (χ4v) is 2.51. The van der Waals surface area contributed by atoms with Crippen molar-refractivity contribution >= 4 is 15.9 Å². The molecule has 3 nitrogen and oxygen atoms in total. The lowest BCUT2D eigenvalue weighted by molar-refractivity contribution is -0.0823. The maximum Gasteiger partial charge on any atom is 0.123 e. The lowest BCUT2D eigenvalue weighted by Gasteiger charge is -2.33. The van der Waals surface area contributed by atoms with Crippen molar-refractivity contribution in [2.24, 2.45) is 0 Å². The zero-order chi connectivity index (χ0) is 13.1. The highest BCUT2D eigenvalue weighted by Gasteiger charge is 2.25. The normalized spacial score (nSPS) is 23.0. The van der Waals surface area contributed by atoms with Crippen molar-refractivity contribution in [3.8, 4) is 0 Å². The van der Waals surface area contributed by atoms with Crippen LogP contribution in [0.4, 0.5) is 4.39 Å². The predicted molar refractivity (Wildman–Crippen MR) is 71.0 cm³/mol. The third-order valence-electron chi connectivity index (χ3n) is 3.16. The molecule has 2 unspecified atom stereocenters. The van der Waals surface area contributed by atoms with Crippen LogP contribution in [0.3, 0.4) is 0 Å². The van der Waals surface area contributed by atoms with Gasteiger partial charge >= 0.3 is 0 Å². The van der Waals surface area contributed by atoms with Crippen LogP contribution in [0.5, 0.6) is 0 Å². The second kappa shape index (κ2) is 6.10. The maximum atomic E-state index is 13.2. The Morgan fingerprint density at radius 3 is 3.11 bits per heavy atom. The van der Waals surface area contributed by atoms with Crippen molar-refractivity contribution in [1.82, 2.24) is 4.90 Å². The number of hydrogen-bond donors (Lipinski definition) is 1. The summed E-state index contributed by atoms with van der Waals surface area (Å²) in [5.41, 5.74) is 0.763. The Labute approximate surface area is 115 Å². The zero-order valence-electron chi connectivity index (χ0n) is 10.3. The summed E-state index contributed by atoms with van der Waals surface area (Å²) < 4.78 is 19.5. The molecule has 0 saturated carbocycles. The first kappa shape index (κ1) is 13.9. The van der Waals surface area contributed by atoms with Gasteiger partial charge in [-0.15, -0.1) is 0 Å². The van der Waals surface area contributed by atoms with Gasteiger partial charge < -0.3 is 14.7 Å². The Bertz CT molecular complexity index is 416. The van der Waals surface area contributed by atoms with Crippen LogP contribution in [-0.2, 0) is 11.2 Å². The number of aliphatic hydroxyl groups is 1. The van der Waals surface area contributed by atoms with Gasteiger partial charge in [0, 0.05) is 24.0 Å². The first-order valence-corrected chi connectivity index (χ1v) is 6.77. The average Bonchev–Trinajstić information content (AvgIpc) is 2.34. The fraction of sp³-hybridized carbons (Fsp3) is 0.538. The van der Waals surface area contributed by atoms with Crippen molar-refractivity contribution in [2.45, 2.75) is 18.6 Å². The van der Waals surface area contributed by atoms with Crippen LogP contribution < -0.4 is 0 Å². The van der Waals surface area contributed by atoms with E-state index >= 15 is 0 Å². The monoisotopic (exact) mass is 317 g/mol. The quantitative estimate of drug-likeness (QED) is 0.923. The van der Waals surface area contributed by atoms with E-state index in [4.69, 9.17) is 4.74 Å². The van der Waals surface area contributed by atoms with E-state index in [1.54, 1.807) is 6.07 Å². The molecule has 1 aliphatic rings. The molecule has 1 saturated heterocycles. The fourth-order valence-electron chi connectivity index (χ4n) is 2.10. The summed E-state index contributed by atoms with van der Waals surface area (Å²) in [5.74, 6) is -0.290. The first-order valence-electron chi connectivity index (χ1n) is 5.98. The highest BCUT2D eigenvalue weighted by Crippen LogP contribution is 2.21. The topological polar surface area (TPSA) is 32.7 Å². The molecular weight excluding hydrogens is 301 g/mol. The highest BCUT2D eigenvalue weighted by molar-refractivity contribution is 9.10. The van der Waals surface area contributed by atoms with Gasteiger partial charge in [-0.1, -0.05) is 15.9 Å². The number of halogens is 2. The molecule has 0 amide bonds. The lowest BCUT2D eigenvalue weighted by atomic mass is 10.0. The van der Waals surface area contributed by atoms with Crippen molar-refractivity contribution in [2.75, 3.05) is 26.7 Å². The summed E-state index contributed by atoms with van der Waals surface area (Å²) >= 11 is 3.37. The van der Waals surface area contributed by atoms with E-state index in [2.05, 4.69) is 20.8 Å². The van der Waals surface area contributed by atoms with Crippen molar-refractivity contribution in [3.05, 3.63) is 34.1 Å². The molecule has 0 aliphatic carbocycles. The number of likely N-dealkylation sites (N-methyl/N-ethyl adjacent to an activating group) is 1. The van der Waals surface area contributed by atoms with Gasteiger partial charge in [0.25, 0.3) is 0 Å². The van der Waals surface area contributed by atoms with Crippen LogP contribution in [-0.4, -0.2) is 49.0 Å². The summed E-state index contributed by atoms with van der Waals surface area (Å²) in [6.07, 6.45) is -0.443. The summed E-state index contributed by atoms with van der Waals surface area (Å²) in [4.78, 5) is 2.12. The first-order chi connectivity index (χ1) is 8.56. The smallest absolute Gasteiger partial charge is 0.123 e. The van der Waals surface area contributed by atoms with Crippen LogP contribution in [0.25, 0.3) is 0 Å². The van der Waals surface area contributed by atoms with E-state index in [-0.39, 0.29) is 11.9 Å². The Balaban J connectivity index is 2.01. The van der Waals surface area contributed by atoms with Crippen LogP contribution in [0, 0.1) is 5.82 Å². The number of nitrogens with zero attached hydrogens (tertiary/aromatic N) is 1. The van der Waals surface area contributed by atoms with E-state index in [1.807, 2.05) is 7.05 Å². The van der Waals surface area contributed by atoms with Gasteiger partial charge in [0.15, 0.2) is 0 Å². The largest absolute Gasteiger partial charge is 0.390 e. The molecule has 0 radical (unpaired) electrons. The molecule has 0 aromatic heterocycles. The molecular formula is C13H17BrFNO2. The van der Waals surface area contributed by atoms with Crippen LogP contribution in [0.2, 0.25) is 0 Å². The molecule has 18 heavy (non-hydrogen) atoms. The van der Waals surface area contributed by atoms with Crippen molar-refractivity contribution in [1.29, 1.82) is 0 Å². The van der Waals surface area contributed by atoms with Gasteiger partial charge in [-0.05, 0) is 30.8 Å². The SMILES string of the molecule is CN1CCOC(C(O)Cc2cc(F)ccc2Br)C1. The molecule has 5 heteroatoms. The third kappa shape index (κ3) is 3.51. The number of morpholine rings is 1. The van der Waals surface area contributed by atoms with E-state index in [0.717, 1.165) is 16.6 Å². The Morgan fingerprint density at radius 2 is 2.39 bits per heavy atom. The maximum absolute atomic E-state index is 13.2. The number of ether oxygens (including phenoxy) is 1. The Kier molecular flexibility index (Phi) is 4.72. The second-order valence-electron chi connectivity index (χ2n) is 4.68. The van der Waals surface area contributed by atoms with Gasteiger partial charge in [0.2, 0.25) is 0 Å². The minimum atomic E-state index is -0.620. The summed E-state index contributed by atoms with van der Waals surface area (Å²) in [6, 6.07) is 4.50. The van der Waals surface area contributed by atoms with Crippen LogP contribution in [0.1, 0.15) is 5.56 Å². The molecule has 1 aliphatic heterocycles. The Hall–Kier alpha value is -0.490. The summed E-state index contributed by atoms with van der Waals surface area (Å²) in [5, 5.41) is 10.2. The molecule has 2 rings (SSSR count). The minimum absolute atomic E-state index is 0.209. The van der Waals surface area contributed by atoms with Gasteiger partial charge in [-0.25, -0.2) is 4.39 Å². The van der Waals surface area contributed by atoms with E-state index in [9.17, 15) is 9.50 Å². The molecule has 1 aromatic rings. The highest BCUT2D eigenvalue weighted by atomic mass is 79.9. The predicted octanol–water partition coefficient (Wildman–Crippen LogP) is 1.82. The molecule has 2 atom stereocenters. The second-order valence-corrected chi connectivity index (χ2v) is 5.53. The molecule has 1 aromatic carbocycles. The molecule has 1 fully saturated rings. The molecule has 0 spiro atoms. The van der Waals surface area contributed by atoms with E-state index in [1.165, 1.54) is 12.1 Å². The van der Waals surface area contributed by atoms with E-state index in [0.29, 0.717) is 19.6 Å². The summed E-state index contributed by atoms with van der Waals surface area (Å²) in [6.45, 7) is 2.21.